The summed E-state index contributed by atoms with van der Waals surface area (Å²) in [6.45, 7) is 6.14. The molecule has 20 heavy (non-hydrogen) atoms. The first kappa shape index (κ1) is 14.8. The molecule has 1 aromatic carbocycles. The number of aromatic nitrogens is 1. The second kappa shape index (κ2) is 7.27. The summed E-state index contributed by atoms with van der Waals surface area (Å²) < 4.78 is 5.89. The molecule has 0 spiro atoms. The molecule has 4 heteroatoms. The van der Waals surface area contributed by atoms with Crippen LogP contribution in [0, 0.1) is 6.92 Å². The Morgan fingerprint density at radius 3 is 2.85 bits per heavy atom. The lowest BCUT2D eigenvalue weighted by molar-refractivity contribution is 0.296. The van der Waals surface area contributed by atoms with Crippen LogP contribution in [-0.4, -0.2) is 11.5 Å². The van der Waals surface area contributed by atoms with E-state index in [1.54, 1.807) is 6.20 Å². The van der Waals surface area contributed by atoms with E-state index in [4.69, 9.17) is 16.3 Å². The molecule has 0 unspecified atom stereocenters. The maximum atomic E-state index is 6.24. The maximum Gasteiger partial charge on any atom is 0.130 e. The van der Waals surface area contributed by atoms with Crippen molar-refractivity contribution >= 4 is 11.6 Å². The van der Waals surface area contributed by atoms with Gasteiger partial charge in [0.05, 0.1) is 5.69 Å². The van der Waals surface area contributed by atoms with Gasteiger partial charge in [0.1, 0.15) is 12.4 Å². The van der Waals surface area contributed by atoms with Crippen LogP contribution in [0.3, 0.4) is 0 Å². The second-order valence-electron chi connectivity index (χ2n) is 4.55. The molecular formula is C16H19ClN2O. The van der Waals surface area contributed by atoms with Gasteiger partial charge >= 0.3 is 0 Å². The van der Waals surface area contributed by atoms with E-state index in [1.807, 2.05) is 37.3 Å². The smallest absolute Gasteiger partial charge is 0.130 e. The van der Waals surface area contributed by atoms with Crippen molar-refractivity contribution in [3.63, 3.8) is 0 Å². The Balaban J connectivity index is 2.13. The van der Waals surface area contributed by atoms with Gasteiger partial charge in [-0.15, -0.1) is 0 Å². The third kappa shape index (κ3) is 3.71. The largest absolute Gasteiger partial charge is 0.487 e. The standard InChI is InChI=1S/C16H19ClN2O/c1-3-18-10-13-14(17)7-4-8-16(13)20-11-15-12(2)6-5-9-19-15/h4-9,18H,3,10-11H2,1-2H3. The van der Waals surface area contributed by atoms with Crippen LogP contribution in [0.1, 0.15) is 23.7 Å². The van der Waals surface area contributed by atoms with Crippen LogP contribution in [-0.2, 0) is 13.2 Å². The van der Waals surface area contributed by atoms with Gasteiger partial charge in [0.2, 0.25) is 0 Å². The second-order valence-corrected chi connectivity index (χ2v) is 4.96. The molecule has 0 aliphatic heterocycles. The van der Waals surface area contributed by atoms with Crippen LogP contribution in [0.25, 0.3) is 0 Å². The van der Waals surface area contributed by atoms with Crippen molar-refractivity contribution in [2.45, 2.75) is 27.0 Å². The predicted molar refractivity (Wildman–Crippen MR) is 82.1 cm³/mol. The van der Waals surface area contributed by atoms with Crippen molar-refractivity contribution in [1.82, 2.24) is 10.3 Å². The van der Waals surface area contributed by atoms with Gasteiger partial charge < -0.3 is 10.1 Å². The van der Waals surface area contributed by atoms with Gasteiger partial charge in [-0.05, 0) is 37.2 Å². The van der Waals surface area contributed by atoms with Crippen LogP contribution in [0.5, 0.6) is 5.75 Å². The fourth-order valence-electron chi connectivity index (χ4n) is 1.91. The molecule has 1 heterocycles. The zero-order chi connectivity index (χ0) is 14.4. The fraction of sp³-hybridized carbons (Fsp3) is 0.312. The molecule has 0 saturated heterocycles. The van der Waals surface area contributed by atoms with Crippen molar-refractivity contribution in [2.75, 3.05) is 6.54 Å². The molecule has 0 aliphatic carbocycles. The minimum absolute atomic E-state index is 0.451. The molecule has 0 saturated carbocycles. The fourth-order valence-corrected chi connectivity index (χ4v) is 2.14. The van der Waals surface area contributed by atoms with E-state index in [1.165, 1.54) is 0 Å². The number of rotatable bonds is 6. The Morgan fingerprint density at radius 2 is 2.10 bits per heavy atom. The molecule has 0 fully saturated rings. The number of ether oxygens (including phenoxy) is 1. The highest BCUT2D eigenvalue weighted by Gasteiger charge is 2.09. The summed E-state index contributed by atoms with van der Waals surface area (Å²) in [7, 11) is 0. The summed E-state index contributed by atoms with van der Waals surface area (Å²) >= 11 is 6.24. The van der Waals surface area contributed by atoms with E-state index in [0.29, 0.717) is 13.2 Å². The summed E-state index contributed by atoms with van der Waals surface area (Å²) in [5.74, 6) is 0.809. The highest BCUT2D eigenvalue weighted by Crippen LogP contribution is 2.27. The SMILES string of the molecule is CCNCc1c(Cl)cccc1OCc1ncccc1C. The summed E-state index contributed by atoms with van der Waals surface area (Å²) in [4.78, 5) is 4.33. The van der Waals surface area contributed by atoms with Crippen LogP contribution in [0.15, 0.2) is 36.5 Å². The minimum atomic E-state index is 0.451. The van der Waals surface area contributed by atoms with Crippen LogP contribution in [0.2, 0.25) is 5.02 Å². The average Bonchev–Trinajstić information content (AvgIpc) is 2.45. The molecule has 0 amide bonds. The highest BCUT2D eigenvalue weighted by molar-refractivity contribution is 6.31. The van der Waals surface area contributed by atoms with Gasteiger partial charge in [0, 0.05) is 23.3 Å². The Morgan fingerprint density at radius 1 is 1.25 bits per heavy atom. The maximum absolute atomic E-state index is 6.24. The van der Waals surface area contributed by atoms with Crippen LogP contribution < -0.4 is 10.1 Å². The number of hydrogen-bond acceptors (Lipinski definition) is 3. The Labute approximate surface area is 124 Å². The molecule has 3 nitrogen and oxygen atoms in total. The van der Waals surface area contributed by atoms with E-state index in [2.05, 4.69) is 17.2 Å². The molecule has 106 valence electrons. The minimum Gasteiger partial charge on any atom is -0.487 e. The van der Waals surface area contributed by atoms with Gasteiger partial charge in [-0.2, -0.15) is 0 Å². The van der Waals surface area contributed by atoms with Crippen molar-refractivity contribution in [2.24, 2.45) is 0 Å². The summed E-state index contributed by atoms with van der Waals surface area (Å²) in [6, 6.07) is 9.68. The highest BCUT2D eigenvalue weighted by atomic mass is 35.5. The lowest BCUT2D eigenvalue weighted by Gasteiger charge is -2.13. The molecular weight excluding hydrogens is 272 g/mol. The molecule has 1 N–H and O–H groups in total. The topological polar surface area (TPSA) is 34.1 Å². The van der Waals surface area contributed by atoms with Gasteiger partial charge in [-0.1, -0.05) is 30.7 Å². The first-order valence-corrected chi connectivity index (χ1v) is 7.11. The first-order valence-electron chi connectivity index (χ1n) is 6.73. The Hall–Kier alpha value is -1.58. The number of aryl methyl sites for hydroxylation is 1. The van der Waals surface area contributed by atoms with E-state index in [0.717, 1.165) is 34.1 Å². The van der Waals surface area contributed by atoms with Crippen LogP contribution in [0.4, 0.5) is 0 Å². The number of nitrogens with zero attached hydrogens (tertiary/aromatic N) is 1. The third-order valence-corrected chi connectivity index (χ3v) is 3.46. The number of hydrogen-bond donors (Lipinski definition) is 1. The zero-order valence-corrected chi connectivity index (χ0v) is 12.6. The van der Waals surface area contributed by atoms with Gasteiger partial charge in [0.15, 0.2) is 0 Å². The van der Waals surface area contributed by atoms with Crippen molar-refractivity contribution < 1.29 is 4.74 Å². The normalized spacial score (nSPS) is 10.6. The number of pyridine rings is 1. The monoisotopic (exact) mass is 290 g/mol. The molecule has 1 aromatic heterocycles. The van der Waals surface area contributed by atoms with Gasteiger partial charge in [-0.3, -0.25) is 4.98 Å². The average molecular weight is 291 g/mol. The van der Waals surface area contributed by atoms with Crippen LogP contribution >= 0.6 is 11.6 Å². The van der Waals surface area contributed by atoms with Crippen molar-refractivity contribution in [3.05, 3.63) is 58.4 Å². The van der Waals surface area contributed by atoms with Gasteiger partial charge in [0.25, 0.3) is 0 Å². The summed E-state index contributed by atoms with van der Waals surface area (Å²) in [5.41, 5.74) is 3.06. The Bertz CT molecular complexity index is 572. The zero-order valence-electron chi connectivity index (χ0n) is 11.8. The van der Waals surface area contributed by atoms with Crippen molar-refractivity contribution in [3.8, 4) is 5.75 Å². The third-order valence-electron chi connectivity index (χ3n) is 3.11. The number of benzene rings is 1. The van der Waals surface area contributed by atoms with E-state index in [-0.39, 0.29) is 0 Å². The summed E-state index contributed by atoms with van der Waals surface area (Å²) in [5, 5.41) is 4.00. The van der Waals surface area contributed by atoms with E-state index >= 15 is 0 Å². The quantitative estimate of drug-likeness (QED) is 0.880. The number of nitrogens with one attached hydrogen (secondary N) is 1. The molecule has 0 bridgehead atoms. The molecule has 0 radical (unpaired) electrons. The van der Waals surface area contributed by atoms with Crippen molar-refractivity contribution in [1.29, 1.82) is 0 Å². The molecule has 0 atom stereocenters. The lowest BCUT2D eigenvalue weighted by atomic mass is 10.2. The summed E-state index contributed by atoms with van der Waals surface area (Å²) in [6.07, 6.45) is 1.78. The number of halogens is 1. The predicted octanol–water partition coefficient (Wildman–Crippen LogP) is 3.73. The van der Waals surface area contributed by atoms with E-state index < -0.39 is 0 Å². The molecule has 0 aliphatic rings. The van der Waals surface area contributed by atoms with Gasteiger partial charge in [-0.25, -0.2) is 0 Å². The van der Waals surface area contributed by atoms with E-state index in [9.17, 15) is 0 Å². The molecule has 2 rings (SSSR count). The first-order chi connectivity index (χ1) is 9.72. The molecule has 2 aromatic rings. The Kier molecular flexibility index (Phi) is 5.39. The lowest BCUT2D eigenvalue weighted by Crippen LogP contribution is -2.13.